The van der Waals surface area contributed by atoms with E-state index in [4.69, 9.17) is 0 Å². The van der Waals surface area contributed by atoms with Gasteiger partial charge < -0.3 is 26.0 Å². The van der Waals surface area contributed by atoms with E-state index >= 15 is 0 Å². The Hall–Kier alpha value is -3.48. The minimum Gasteiger partial charge on any atom is -0.508 e. The Morgan fingerprint density at radius 2 is 1.76 bits per heavy atom. The van der Waals surface area contributed by atoms with E-state index in [1.807, 2.05) is 49.5 Å². The molecule has 1 unspecified atom stereocenters. The average molecular weight is 394 g/mol. The van der Waals surface area contributed by atoms with Crippen LogP contribution in [0.4, 0.5) is 4.79 Å². The zero-order valence-electron chi connectivity index (χ0n) is 16.5. The second kappa shape index (κ2) is 9.14. The number of phenols is 1. The first kappa shape index (κ1) is 20.3. The van der Waals surface area contributed by atoms with Gasteiger partial charge in [0.25, 0.3) is 0 Å². The van der Waals surface area contributed by atoms with Gasteiger partial charge >= 0.3 is 6.03 Å². The first-order valence-corrected chi connectivity index (χ1v) is 9.57. The highest BCUT2D eigenvalue weighted by atomic mass is 16.3. The zero-order valence-corrected chi connectivity index (χ0v) is 16.5. The summed E-state index contributed by atoms with van der Waals surface area (Å²) in [5.41, 5.74) is 2.95. The summed E-state index contributed by atoms with van der Waals surface area (Å²) in [5, 5.41) is 18.7. The van der Waals surface area contributed by atoms with Gasteiger partial charge in [0.1, 0.15) is 11.8 Å². The molecule has 3 aromatic rings. The third-order valence-electron chi connectivity index (χ3n) is 4.82. The first-order valence-electron chi connectivity index (χ1n) is 9.57. The van der Waals surface area contributed by atoms with Crippen molar-refractivity contribution in [2.75, 3.05) is 7.05 Å². The molecular weight excluding hydrogens is 368 g/mol. The summed E-state index contributed by atoms with van der Waals surface area (Å²) in [5.74, 6) is -0.0468. The molecule has 0 radical (unpaired) electrons. The number of fused-ring (bicyclic) bond motifs is 1. The molecule has 2 aromatic carbocycles. The normalized spacial score (nSPS) is 12.9. The maximum atomic E-state index is 12.5. The molecule has 0 saturated heterocycles. The van der Waals surface area contributed by atoms with E-state index in [0.717, 1.165) is 22.0 Å². The summed E-state index contributed by atoms with van der Waals surface area (Å²) in [6.07, 6.45) is 2.86. The number of rotatable bonds is 7. The van der Waals surface area contributed by atoms with Crippen molar-refractivity contribution in [3.8, 4) is 5.75 Å². The summed E-state index contributed by atoms with van der Waals surface area (Å²) < 4.78 is 0. The topological polar surface area (TPSA) is 106 Å². The number of carbonyl (C=O) groups is 2. The maximum Gasteiger partial charge on any atom is 0.315 e. The second-order valence-corrected chi connectivity index (χ2v) is 7.12. The highest BCUT2D eigenvalue weighted by Crippen LogP contribution is 2.19. The molecule has 0 aliphatic rings. The number of aromatic hydroxyl groups is 1. The number of phenolic OH excluding ortho intramolecular Hbond substituents is 1. The minimum absolute atomic E-state index is 0.141. The summed E-state index contributed by atoms with van der Waals surface area (Å²) in [6, 6.07) is 13.5. The Balaban J connectivity index is 1.62. The van der Waals surface area contributed by atoms with E-state index in [9.17, 15) is 14.7 Å². The first-order chi connectivity index (χ1) is 14.0. The van der Waals surface area contributed by atoms with Crippen LogP contribution in [0.2, 0.25) is 0 Å². The van der Waals surface area contributed by atoms with Crippen LogP contribution in [0, 0.1) is 0 Å². The van der Waals surface area contributed by atoms with Crippen molar-refractivity contribution < 1.29 is 14.7 Å². The third-order valence-corrected chi connectivity index (χ3v) is 4.82. The molecule has 3 rings (SSSR count). The molecule has 29 heavy (non-hydrogen) atoms. The second-order valence-electron chi connectivity index (χ2n) is 7.12. The molecule has 7 heteroatoms. The monoisotopic (exact) mass is 394 g/mol. The van der Waals surface area contributed by atoms with Crippen LogP contribution in [0.15, 0.2) is 54.7 Å². The predicted octanol–water partition coefficient (Wildman–Crippen LogP) is 2.46. The van der Waals surface area contributed by atoms with Crippen LogP contribution in [0.5, 0.6) is 5.75 Å². The zero-order chi connectivity index (χ0) is 20.8. The molecule has 7 nitrogen and oxygen atoms in total. The van der Waals surface area contributed by atoms with Crippen LogP contribution in [-0.4, -0.2) is 41.2 Å². The summed E-state index contributed by atoms with van der Waals surface area (Å²) >= 11 is 0. The number of nitrogens with one attached hydrogen (secondary N) is 4. The van der Waals surface area contributed by atoms with E-state index < -0.39 is 12.1 Å². The van der Waals surface area contributed by atoms with E-state index in [-0.39, 0.29) is 17.7 Å². The lowest BCUT2D eigenvalue weighted by Crippen LogP contribution is -2.52. The fraction of sp³-hybridized carbons (Fsp3) is 0.273. The largest absolute Gasteiger partial charge is 0.508 e. The van der Waals surface area contributed by atoms with E-state index in [1.54, 1.807) is 19.2 Å². The van der Waals surface area contributed by atoms with E-state index in [2.05, 4.69) is 20.9 Å². The average Bonchev–Trinajstić information content (AvgIpc) is 3.11. The molecule has 0 bridgehead atoms. The number of amides is 3. The fourth-order valence-electron chi connectivity index (χ4n) is 3.36. The number of aromatic amines is 1. The Bertz CT molecular complexity index is 981. The van der Waals surface area contributed by atoms with Gasteiger partial charge in [-0.05, 0) is 42.7 Å². The number of hydrogen-bond acceptors (Lipinski definition) is 3. The lowest BCUT2D eigenvalue weighted by Gasteiger charge is -2.20. The molecule has 152 valence electrons. The van der Waals surface area contributed by atoms with Crippen molar-refractivity contribution in [1.29, 1.82) is 0 Å². The highest BCUT2D eigenvalue weighted by molar-refractivity contribution is 5.89. The van der Waals surface area contributed by atoms with Crippen LogP contribution in [0.3, 0.4) is 0 Å². The molecule has 1 heterocycles. The van der Waals surface area contributed by atoms with Crippen LogP contribution in [0.25, 0.3) is 10.9 Å². The van der Waals surface area contributed by atoms with Gasteiger partial charge in [0.05, 0.1) is 0 Å². The van der Waals surface area contributed by atoms with Crippen molar-refractivity contribution in [3.63, 3.8) is 0 Å². The van der Waals surface area contributed by atoms with Crippen molar-refractivity contribution in [1.82, 2.24) is 20.9 Å². The number of hydrogen-bond donors (Lipinski definition) is 5. The van der Waals surface area contributed by atoms with Gasteiger partial charge in [0.15, 0.2) is 0 Å². The number of para-hydroxylation sites is 1. The van der Waals surface area contributed by atoms with Crippen molar-refractivity contribution in [2.45, 2.75) is 31.8 Å². The summed E-state index contributed by atoms with van der Waals surface area (Å²) in [6.45, 7) is 1.89. The van der Waals surface area contributed by atoms with Crippen LogP contribution in [0.1, 0.15) is 18.1 Å². The molecule has 0 fully saturated rings. The van der Waals surface area contributed by atoms with Gasteiger partial charge in [-0.2, -0.15) is 0 Å². The predicted molar refractivity (Wildman–Crippen MR) is 113 cm³/mol. The molecular formula is C22H26N4O3. The molecule has 0 aliphatic carbocycles. The van der Waals surface area contributed by atoms with Gasteiger partial charge in [-0.3, -0.25) is 4.79 Å². The van der Waals surface area contributed by atoms with Crippen LogP contribution >= 0.6 is 0 Å². The maximum absolute atomic E-state index is 12.5. The quantitative estimate of drug-likeness (QED) is 0.425. The number of H-pyrrole nitrogens is 1. The molecule has 1 aromatic heterocycles. The number of likely N-dealkylation sites (N-methyl/N-ethyl adjacent to an activating group) is 1. The van der Waals surface area contributed by atoms with Gasteiger partial charge in [0.2, 0.25) is 5.91 Å². The summed E-state index contributed by atoms with van der Waals surface area (Å²) in [4.78, 5) is 28.0. The van der Waals surface area contributed by atoms with Crippen LogP contribution in [-0.2, 0) is 17.6 Å². The number of carbonyl (C=O) groups excluding carboxylic acids is 2. The Labute approximate surface area is 169 Å². The number of benzene rings is 2. The van der Waals surface area contributed by atoms with Crippen molar-refractivity contribution in [2.24, 2.45) is 0 Å². The molecule has 0 saturated carbocycles. The molecule has 0 aliphatic heterocycles. The summed E-state index contributed by atoms with van der Waals surface area (Å²) in [7, 11) is 1.55. The fourth-order valence-corrected chi connectivity index (χ4v) is 3.36. The van der Waals surface area contributed by atoms with Crippen LogP contribution < -0.4 is 16.0 Å². The Kier molecular flexibility index (Phi) is 6.39. The van der Waals surface area contributed by atoms with Gasteiger partial charge in [0, 0.05) is 36.6 Å². The van der Waals surface area contributed by atoms with Gasteiger partial charge in [-0.15, -0.1) is 0 Å². The van der Waals surface area contributed by atoms with Gasteiger partial charge in [-0.25, -0.2) is 4.79 Å². The number of urea groups is 1. The third kappa shape index (κ3) is 5.28. The Morgan fingerprint density at radius 1 is 1.03 bits per heavy atom. The smallest absolute Gasteiger partial charge is 0.315 e. The SMILES string of the molecule is CNC(=O)[C@H](Cc1c[nH]c2ccccc12)NC(=O)NC(C)Cc1ccc(O)cc1. The highest BCUT2D eigenvalue weighted by Gasteiger charge is 2.22. The molecule has 3 amide bonds. The lowest BCUT2D eigenvalue weighted by atomic mass is 10.0. The van der Waals surface area contributed by atoms with E-state index in [0.29, 0.717) is 12.8 Å². The molecule has 2 atom stereocenters. The Morgan fingerprint density at radius 3 is 2.48 bits per heavy atom. The van der Waals surface area contributed by atoms with Crippen molar-refractivity contribution in [3.05, 3.63) is 65.9 Å². The molecule has 5 N–H and O–H groups in total. The van der Waals surface area contributed by atoms with Gasteiger partial charge in [-0.1, -0.05) is 30.3 Å². The van der Waals surface area contributed by atoms with E-state index in [1.165, 1.54) is 0 Å². The number of aromatic nitrogens is 1. The standard InChI is InChI=1S/C22H26N4O3/c1-14(11-15-7-9-17(27)10-8-15)25-22(29)26-20(21(28)23-2)12-16-13-24-19-6-4-3-5-18(16)19/h3-10,13-14,20,24,27H,11-12H2,1-2H3,(H,23,28)(H2,25,26,29)/t14?,20-/m0/s1. The lowest BCUT2D eigenvalue weighted by molar-refractivity contribution is -0.122. The molecule has 0 spiro atoms. The van der Waals surface area contributed by atoms with Crippen molar-refractivity contribution >= 4 is 22.8 Å². The minimum atomic E-state index is -0.694.